The van der Waals surface area contributed by atoms with Gasteiger partial charge >= 0.3 is 0 Å². The van der Waals surface area contributed by atoms with E-state index in [1.807, 2.05) is 0 Å². The van der Waals surface area contributed by atoms with Crippen LogP contribution < -0.4 is 0 Å². The number of hydrogen-bond acceptors (Lipinski definition) is 5. The van der Waals surface area contributed by atoms with Crippen LogP contribution in [0.1, 0.15) is 28.8 Å². The third-order valence-electron chi connectivity index (χ3n) is 4.92. The van der Waals surface area contributed by atoms with Gasteiger partial charge < -0.3 is 10.2 Å². The van der Waals surface area contributed by atoms with E-state index in [-0.39, 0.29) is 13.2 Å². The fourth-order valence-corrected chi connectivity index (χ4v) is 4.24. The predicted molar refractivity (Wildman–Crippen MR) is 111 cm³/mol. The van der Waals surface area contributed by atoms with Crippen LogP contribution >= 0.6 is 11.3 Å². The molecule has 0 radical (unpaired) electrons. The highest BCUT2D eigenvalue weighted by atomic mass is 32.1. The van der Waals surface area contributed by atoms with E-state index in [0.717, 1.165) is 44.7 Å². The van der Waals surface area contributed by atoms with E-state index in [1.54, 1.807) is 11.3 Å². The average molecular weight is 385 g/mol. The number of benzene rings is 1. The lowest BCUT2D eigenvalue weighted by molar-refractivity contribution is 0.0506. The third-order valence-corrected chi connectivity index (χ3v) is 5.78. The van der Waals surface area contributed by atoms with Crippen molar-refractivity contribution in [2.45, 2.75) is 32.0 Å². The molecule has 3 rings (SSSR count). The molecule has 1 aromatic heterocycles. The van der Waals surface area contributed by atoms with Gasteiger partial charge in [-0.15, -0.1) is 11.3 Å². The molecular weight excluding hydrogens is 356 g/mol. The van der Waals surface area contributed by atoms with E-state index in [2.05, 4.69) is 63.4 Å². The average Bonchev–Trinajstić information content (AvgIpc) is 3.19. The lowest BCUT2D eigenvalue weighted by Gasteiger charge is -2.41. The van der Waals surface area contributed by atoms with Crippen LogP contribution in [0.4, 0.5) is 0 Å². The lowest BCUT2D eigenvalue weighted by atomic mass is 10.1. The zero-order chi connectivity index (χ0) is 18.9. The Kier molecular flexibility index (Phi) is 7.88. The van der Waals surface area contributed by atoms with E-state index in [1.165, 1.54) is 10.4 Å². The summed E-state index contributed by atoms with van der Waals surface area (Å²) in [6, 6.07) is 13.1. The summed E-state index contributed by atoms with van der Waals surface area (Å²) in [7, 11) is 0. The van der Waals surface area contributed by atoms with Crippen molar-refractivity contribution < 1.29 is 10.2 Å². The van der Waals surface area contributed by atoms with Crippen LogP contribution in [0.3, 0.4) is 0 Å². The van der Waals surface area contributed by atoms with Crippen molar-refractivity contribution in [3.05, 3.63) is 57.8 Å². The van der Waals surface area contributed by atoms with Crippen molar-refractivity contribution >= 4 is 11.3 Å². The molecule has 1 saturated heterocycles. The molecule has 27 heavy (non-hydrogen) atoms. The summed E-state index contributed by atoms with van der Waals surface area (Å²) < 4.78 is 0. The molecule has 0 aliphatic carbocycles. The van der Waals surface area contributed by atoms with Crippen LogP contribution in [-0.4, -0.2) is 58.9 Å². The number of hydrogen-bond donors (Lipinski definition) is 2. The van der Waals surface area contributed by atoms with Crippen LogP contribution in [0.5, 0.6) is 0 Å². The predicted octanol–water partition coefficient (Wildman–Crippen LogP) is 2.55. The van der Waals surface area contributed by atoms with Crippen LogP contribution in [0.2, 0.25) is 0 Å². The molecule has 1 aliphatic heterocycles. The monoisotopic (exact) mass is 384 g/mol. The minimum atomic E-state index is 0.110. The van der Waals surface area contributed by atoms with E-state index >= 15 is 0 Å². The molecule has 4 nitrogen and oxygen atoms in total. The van der Waals surface area contributed by atoms with E-state index in [9.17, 15) is 5.11 Å². The van der Waals surface area contributed by atoms with Crippen LogP contribution in [0, 0.1) is 11.8 Å². The first-order valence-electron chi connectivity index (χ1n) is 9.57. The summed E-state index contributed by atoms with van der Waals surface area (Å²) in [5.74, 6) is 6.03. The topological polar surface area (TPSA) is 46.9 Å². The minimum Gasteiger partial charge on any atom is -0.396 e. The Morgan fingerprint density at radius 2 is 1.89 bits per heavy atom. The highest BCUT2D eigenvalue weighted by Crippen LogP contribution is 2.20. The molecule has 1 fully saturated rings. The van der Waals surface area contributed by atoms with Crippen molar-refractivity contribution in [3.63, 3.8) is 0 Å². The first-order chi connectivity index (χ1) is 13.3. The second-order valence-corrected chi connectivity index (χ2v) is 7.96. The Morgan fingerprint density at radius 1 is 1.04 bits per heavy atom. The van der Waals surface area contributed by atoms with E-state index < -0.39 is 0 Å². The fourth-order valence-electron chi connectivity index (χ4n) is 3.51. The van der Waals surface area contributed by atoms with Crippen molar-refractivity contribution in [2.24, 2.45) is 0 Å². The highest BCUT2D eigenvalue weighted by molar-refractivity contribution is 7.09. The second-order valence-electron chi connectivity index (χ2n) is 6.92. The molecule has 0 spiro atoms. The minimum absolute atomic E-state index is 0.110. The molecule has 0 saturated carbocycles. The van der Waals surface area contributed by atoms with Gasteiger partial charge in [0.15, 0.2) is 0 Å². The van der Waals surface area contributed by atoms with Gasteiger partial charge in [-0.1, -0.05) is 30.0 Å². The summed E-state index contributed by atoms with van der Waals surface area (Å²) in [4.78, 5) is 6.39. The number of aliphatic hydroxyl groups is 2. The van der Waals surface area contributed by atoms with Gasteiger partial charge in [-0.3, -0.25) is 9.80 Å². The van der Waals surface area contributed by atoms with Crippen molar-refractivity contribution in [2.75, 3.05) is 32.8 Å². The molecule has 0 amide bonds. The number of aliphatic hydroxyl groups excluding tert-OH is 2. The SMILES string of the molecule is OCCC#Cc1ccc(CN2CCN(Cc3cccs3)[C@H](CCO)C2)cc1. The maximum absolute atomic E-state index is 9.49. The molecule has 1 aromatic carbocycles. The van der Waals surface area contributed by atoms with Crippen LogP contribution in [0.15, 0.2) is 41.8 Å². The van der Waals surface area contributed by atoms with Gasteiger partial charge in [-0.2, -0.15) is 0 Å². The van der Waals surface area contributed by atoms with Crippen molar-refractivity contribution in [1.29, 1.82) is 0 Å². The molecule has 1 aliphatic rings. The molecule has 0 bridgehead atoms. The Hall–Kier alpha value is -1.68. The molecule has 2 heterocycles. The van der Waals surface area contributed by atoms with Gasteiger partial charge in [0.1, 0.15) is 0 Å². The molecule has 0 unspecified atom stereocenters. The van der Waals surface area contributed by atoms with Gasteiger partial charge in [-0.25, -0.2) is 0 Å². The van der Waals surface area contributed by atoms with Gasteiger partial charge in [0.2, 0.25) is 0 Å². The first-order valence-corrected chi connectivity index (χ1v) is 10.4. The van der Waals surface area contributed by atoms with Crippen LogP contribution in [0.25, 0.3) is 0 Å². The molecular formula is C22H28N2O2S. The van der Waals surface area contributed by atoms with Crippen molar-refractivity contribution in [3.8, 4) is 11.8 Å². The third kappa shape index (κ3) is 6.17. The summed E-state index contributed by atoms with van der Waals surface area (Å²) >= 11 is 1.81. The second kappa shape index (κ2) is 10.6. The number of rotatable bonds is 7. The maximum atomic E-state index is 9.49. The summed E-state index contributed by atoms with van der Waals surface area (Å²) in [6.45, 7) is 5.33. The molecule has 2 N–H and O–H groups in total. The zero-order valence-corrected chi connectivity index (χ0v) is 16.5. The summed E-state index contributed by atoms with van der Waals surface area (Å²) in [6.07, 6.45) is 1.34. The van der Waals surface area contributed by atoms with Gasteiger partial charge in [0.05, 0.1) is 6.61 Å². The van der Waals surface area contributed by atoms with E-state index in [0.29, 0.717) is 12.5 Å². The molecule has 1 atom stereocenters. The number of piperazine rings is 1. The van der Waals surface area contributed by atoms with Crippen LogP contribution in [-0.2, 0) is 13.1 Å². The first kappa shape index (κ1) is 20.1. The smallest absolute Gasteiger partial charge is 0.0540 e. The summed E-state index contributed by atoms with van der Waals surface area (Å²) in [5, 5.41) is 20.4. The largest absolute Gasteiger partial charge is 0.396 e. The Morgan fingerprint density at radius 3 is 2.59 bits per heavy atom. The zero-order valence-electron chi connectivity index (χ0n) is 15.7. The maximum Gasteiger partial charge on any atom is 0.0540 e. The van der Waals surface area contributed by atoms with E-state index in [4.69, 9.17) is 5.11 Å². The van der Waals surface area contributed by atoms with Gasteiger partial charge in [0, 0.05) is 62.2 Å². The Bertz CT molecular complexity index is 734. The quantitative estimate of drug-likeness (QED) is 0.721. The Balaban J connectivity index is 1.56. The summed E-state index contributed by atoms with van der Waals surface area (Å²) in [5.41, 5.74) is 2.28. The molecule has 2 aromatic rings. The van der Waals surface area contributed by atoms with Gasteiger partial charge in [-0.05, 0) is 35.6 Å². The van der Waals surface area contributed by atoms with Crippen molar-refractivity contribution in [1.82, 2.24) is 9.80 Å². The Labute approximate surface area is 166 Å². The standard InChI is InChI=1S/C22H28N2O2S/c25-13-2-1-4-19-6-8-20(9-7-19)16-23-11-12-24(21(17-23)10-14-26)18-22-5-3-15-27-22/h3,5-9,15,21,25-26H,2,10-14,16-18H2/t21-/m1/s1. The molecule has 144 valence electrons. The normalized spacial score (nSPS) is 18.2. The number of thiophene rings is 1. The van der Waals surface area contributed by atoms with Gasteiger partial charge in [0.25, 0.3) is 0 Å². The highest BCUT2D eigenvalue weighted by Gasteiger charge is 2.26. The molecule has 5 heteroatoms. The number of nitrogens with zero attached hydrogens (tertiary/aromatic N) is 2. The fraction of sp³-hybridized carbons (Fsp3) is 0.455. The lowest BCUT2D eigenvalue weighted by Crippen LogP contribution is -2.52.